The van der Waals surface area contributed by atoms with Gasteiger partial charge < -0.3 is 4.57 Å². The molecular formula is C17H14Cl2N4. The van der Waals surface area contributed by atoms with Crippen LogP contribution in [0.3, 0.4) is 0 Å². The van der Waals surface area contributed by atoms with E-state index < -0.39 is 0 Å². The van der Waals surface area contributed by atoms with Gasteiger partial charge in [-0.05, 0) is 31.2 Å². The van der Waals surface area contributed by atoms with E-state index in [1.165, 1.54) is 0 Å². The molecule has 0 unspecified atom stereocenters. The van der Waals surface area contributed by atoms with Gasteiger partial charge in [-0.25, -0.2) is 0 Å². The minimum absolute atomic E-state index is 0.489. The number of aromatic nitrogens is 3. The summed E-state index contributed by atoms with van der Waals surface area (Å²) in [6, 6.07) is 7.67. The standard InChI is InChI=1S/C17H14Cl2N4/c1-2-22-10-11(8-21-22)16-15-4-3-7-23(15)17-12(9-20-16)13(18)5-6-14(17)19/h3-8,10H,2,9H2,1H3. The average molecular weight is 345 g/mol. The molecule has 0 aliphatic carbocycles. The van der Waals surface area contributed by atoms with Gasteiger partial charge in [-0.2, -0.15) is 5.10 Å². The van der Waals surface area contributed by atoms with Gasteiger partial charge in [0.25, 0.3) is 0 Å². The number of aryl methyl sites for hydroxylation is 1. The molecule has 116 valence electrons. The van der Waals surface area contributed by atoms with Crippen molar-refractivity contribution in [2.24, 2.45) is 4.99 Å². The summed E-state index contributed by atoms with van der Waals surface area (Å²) in [4.78, 5) is 4.80. The lowest BCUT2D eigenvalue weighted by Crippen LogP contribution is -2.08. The number of aliphatic imine (C=N–C) groups is 1. The van der Waals surface area contributed by atoms with Crippen molar-refractivity contribution in [1.82, 2.24) is 14.3 Å². The molecule has 0 saturated carbocycles. The maximum absolute atomic E-state index is 6.44. The second-order valence-corrected chi connectivity index (χ2v) is 6.18. The highest BCUT2D eigenvalue weighted by Crippen LogP contribution is 2.34. The lowest BCUT2D eigenvalue weighted by atomic mass is 10.1. The molecule has 1 aromatic carbocycles. The zero-order valence-corrected chi connectivity index (χ0v) is 14.0. The third kappa shape index (κ3) is 2.30. The van der Waals surface area contributed by atoms with Crippen LogP contribution in [-0.4, -0.2) is 20.1 Å². The summed E-state index contributed by atoms with van der Waals surface area (Å²) in [5.41, 5.74) is 4.73. The first-order valence-corrected chi connectivity index (χ1v) is 8.17. The molecule has 23 heavy (non-hydrogen) atoms. The second kappa shape index (κ2) is 5.55. The minimum atomic E-state index is 0.489. The van der Waals surface area contributed by atoms with E-state index in [9.17, 15) is 0 Å². The van der Waals surface area contributed by atoms with Crippen LogP contribution in [0.1, 0.15) is 23.7 Å². The monoisotopic (exact) mass is 344 g/mol. The van der Waals surface area contributed by atoms with Gasteiger partial charge in [0.05, 0.1) is 34.9 Å². The second-order valence-electron chi connectivity index (χ2n) is 5.37. The molecule has 0 spiro atoms. The van der Waals surface area contributed by atoms with Crippen LogP contribution >= 0.6 is 23.2 Å². The van der Waals surface area contributed by atoms with Gasteiger partial charge >= 0.3 is 0 Å². The topological polar surface area (TPSA) is 35.1 Å². The van der Waals surface area contributed by atoms with E-state index in [-0.39, 0.29) is 0 Å². The van der Waals surface area contributed by atoms with Crippen LogP contribution in [0.2, 0.25) is 10.0 Å². The molecule has 4 rings (SSSR count). The van der Waals surface area contributed by atoms with E-state index in [4.69, 9.17) is 28.2 Å². The van der Waals surface area contributed by atoms with Crippen molar-refractivity contribution in [2.75, 3.05) is 0 Å². The zero-order valence-electron chi connectivity index (χ0n) is 12.5. The van der Waals surface area contributed by atoms with Crippen molar-refractivity contribution in [1.29, 1.82) is 0 Å². The fourth-order valence-corrected chi connectivity index (χ4v) is 3.38. The molecule has 4 nitrogen and oxygen atoms in total. The van der Waals surface area contributed by atoms with Crippen molar-refractivity contribution in [3.63, 3.8) is 0 Å². The Morgan fingerprint density at radius 2 is 2.00 bits per heavy atom. The average Bonchev–Trinajstić information content (AvgIpc) is 3.18. The van der Waals surface area contributed by atoms with Crippen molar-refractivity contribution in [3.05, 3.63) is 69.7 Å². The Hall–Kier alpha value is -2.04. The minimum Gasteiger partial charge on any atom is -0.313 e. The summed E-state index contributed by atoms with van der Waals surface area (Å²) >= 11 is 12.8. The summed E-state index contributed by atoms with van der Waals surface area (Å²) in [7, 11) is 0. The van der Waals surface area contributed by atoms with E-state index in [0.29, 0.717) is 16.6 Å². The van der Waals surface area contributed by atoms with E-state index >= 15 is 0 Å². The SMILES string of the molecule is CCn1cc(C2=NCc3c(Cl)ccc(Cl)c3-n3cccc32)cn1. The number of nitrogens with zero attached hydrogens (tertiary/aromatic N) is 4. The molecule has 3 aromatic rings. The highest BCUT2D eigenvalue weighted by molar-refractivity contribution is 6.35. The zero-order chi connectivity index (χ0) is 16.0. The van der Waals surface area contributed by atoms with Crippen LogP contribution in [0.15, 0.2) is 47.8 Å². The highest BCUT2D eigenvalue weighted by atomic mass is 35.5. The summed E-state index contributed by atoms with van der Waals surface area (Å²) in [5, 5.41) is 5.70. The summed E-state index contributed by atoms with van der Waals surface area (Å²) in [6.07, 6.45) is 5.84. The number of fused-ring (bicyclic) bond motifs is 3. The fraction of sp³-hybridized carbons (Fsp3) is 0.176. The van der Waals surface area contributed by atoms with Gasteiger partial charge in [-0.3, -0.25) is 9.67 Å². The number of hydrogen-bond donors (Lipinski definition) is 0. The quantitative estimate of drug-likeness (QED) is 0.680. The van der Waals surface area contributed by atoms with Crippen LogP contribution in [0, 0.1) is 0 Å². The molecule has 0 fully saturated rings. The molecule has 0 radical (unpaired) electrons. The van der Waals surface area contributed by atoms with E-state index in [1.807, 2.05) is 47.5 Å². The van der Waals surface area contributed by atoms with E-state index in [2.05, 4.69) is 16.6 Å². The van der Waals surface area contributed by atoms with Crippen molar-refractivity contribution in [3.8, 4) is 5.69 Å². The molecule has 1 aliphatic heterocycles. The van der Waals surface area contributed by atoms with Crippen LogP contribution in [-0.2, 0) is 13.1 Å². The molecule has 6 heteroatoms. The molecule has 0 bridgehead atoms. The Morgan fingerprint density at radius 3 is 2.78 bits per heavy atom. The lowest BCUT2D eigenvalue weighted by Gasteiger charge is -2.13. The normalized spacial score (nSPS) is 13.3. The number of halogens is 2. The van der Waals surface area contributed by atoms with Gasteiger partial charge in [0, 0.05) is 35.1 Å². The van der Waals surface area contributed by atoms with E-state index in [0.717, 1.165) is 34.8 Å². The van der Waals surface area contributed by atoms with Gasteiger partial charge in [-0.1, -0.05) is 23.2 Å². The first-order valence-electron chi connectivity index (χ1n) is 7.41. The van der Waals surface area contributed by atoms with Crippen molar-refractivity contribution >= 4 is 28.9 Å². The maximum Gasteiger partial charge on any atom is 0.0922 e. The summed E-state index contributed by atoms with van der Waals surface area (Å²) in [6.45, 7) is 3.37. The molecule has 3 heterocycles. The summed E-state index contributed by atoms with van der Waals surface area (Å²) < 4.78 is 3.95. The van der Waals surface area contributed by atoms with Gasteiger partial charge in [0.1, 0.15) is 0 Å². The number of rotatable bonds is 2. The Labute approximate surface area is 144 Å². The van der Waals surface area contributed by atoms with Gasteiger partial charge in [0.15, 0.2) is 0 Å². The molecule has 0 N–H and O–H groups in total. The third-order valence-electron chi connectivity index (χ3n) is 4.03. The number of benzene rings is 1. The Balaban J connectivity index is 1.95. The number of hydrogen-bond acceptors (Lipinski definition) is 2. The first kappa shape index (κ1) is 14.5. The first-order chi connectivity index (χ1) is 11.2. The van der Waals surface area contributed by atoms with Crippen LogP contribution in [0.4, 0.5) is 0 Å². The predicted molar refractivity (Wildman–Crippen MR) is 93.0 cm³/mol. The Morgan fingerprint density at radius 1 is 1.17 bits per heavy atom. The fourth-order valence-electron chi connectivity index (χ4n) is 2.90. The van der Waals surface area contributed by atoms with Crippen LogP contribution in [0.25, 0.3) is 5.69 Å². The highest BCUT2D eigenvalue weighted by Gasteiger charge is 2.22. The Bertz CT molecular complexity index is 921. The van der Waals surface area contributed by atoms with Crippen LogP contribution in [0.5, 0.6) is 0 Å². The van der Waals surface area contributed by atoms with Crippen LogP contribution < -0.4 is 0 Å². The van der Waals surface area contributed by atoms with Gasteiger partial charge in [0.2, 0.25) is 0 Å². The van der Waals surface area contributed by atoms with Crippen molar-refractivity contribution < 1.29 is 0 Å². The molecular weight excluding hydrogens is 331 g/mol. The van der Waals surface area contributed by atoms with E-state index in [1.54, 1.807) is 0 Å². The third-order valence-corrected chi connectivity index (χ3v) is 4.69. The lowest BCUT2D eigenvalue weighted by molar-refractivity contribution is 0.660. The molecule has 0 saturated heterocycles. The molecule has 1 aliphatic rings. The molecule has 0 atom stereocenters. The van der Waals surface area contributed by atoms with Crippen molar-refractivity contribution in [2.45, 2.75) is 20.0 Å². The smallest absolute Gasteiger partial charge is 0.0922 e. The largest absolute Gasteiger partial charge is 0.313 e. The predicted octanol–water partition coefficient (Wildman–Crippen LogP) is 4.35. The summed E-state index contributed by atoms with van der Waals surface area (Å²) in [5.74, 6) is 0. The van der Waals surface area contributed by atoms with Gasteiger partial charge in [-0.15, -0.1) is 0 Å². The molecule has 2 aromatic heterocycles. The maximum atomic E-state index is 6.44. The Kier molecular flexibility index (Phi) is 3.51. The molecule has 0 amide bonds.